The Labute approximate surface area is 111 Å². The number of methoxy groups -OCH3 is 1. The second kappa shape index (κ2) is 5.83. The Hall–Kier alpha value is -1.89. The van der Waals surface area contributed by atoms with Gasteiger partial charge in [0.05, 0.1) is 13.7 Å². The number of oxazole rings is 1. The van der Waals surface area contributed by atoms with Crippen LogP contribution in [0.1, 0.15) is 43.2 Å². The lowest BCUT2D eigenvalue weighted by molar-refractivity contribution is -0.129. The second-order valence-corrected chi connectivity index (χ2v) is 5.02. The second-order valence-electron chi connectivity index (χ2n) is 5.02. The van der Waals surface area contributed by atoms with Crippen molar-refractivity contribution >= 4 is 11.9 Å². The number of nitrogens with zero attached hydrogens (tertiary/aromatic N) is 1. The largest absolute Gasteiger partial charge is 0.464 e. The zero-order valence-corrected chi connectivity index (χ0v) is 11.4. The normalized spacial score (nSPS) is 12.9. The number of aromatic nitrogens is 1. The molecule has 1 aromatic rings. The Kier molecular flexibility index (Phi) is 4.66. The van der Waals surface area contributed by atoms with E-state index in [4.69, 9.17) is 4.42 Å². The fourth-order valence-corrected chi connectivity index (χ4v) is 1.21. The van der Waals surface area contributed by atoms with Crippen LogP contribution in [0.2, 0.25) is 0 Å². The number of nitrogens with one attached hydrogen (secondary N) is 1. The summed E-state index contributed by atoms with van der Waals surface area (Å²) in [6.45, 7) is 4.84. The molecular formula is C12H18N2O5. The van der Waals surface area contributed by atoms with Crippen LogP contribution in [0.4, 0.5) is 0 Å². The molecule has 0 radical (unpaired) electrons. The summed E-state index contributed by atoms with van der Waals surface area (Å²) in [5.41, 5.74) is -0.619. The molecule has 1 aromatic heterocycles. The molecular weight excluding hydrogens is 252 g/mol. The van der Waals surface area contributed by atoms with Crippen LogP contribution in [0.15, 0.2) is 10.7 Å². The molecule has 0 aliphatic carbocycles. The number of carbonyl (C=O) groups excluding carboxylic acids is 2. The molecule has 0 saturated heterocycles. The van der Waals surface area contributed by atoms with Gasteiger partial charge < -0.3 is 19.6 Å². The van der Waals surface area contributed by atoms with Gasteiger partial charge >= 0.3 is 5.97 Å². The Balaban J connectivity index is 2.83. The first kappa shape index (κ1) is 15.2. The van der Waals surface area contributed by atoms with Gasteiger partial charge in [0.1, 0.15) is 12.3 Å². The molecule has 19 heavy (non-hydrogen) atoms. The predicted molar refractivity (Wildman–Crippen MR) is 65.3 cm³/mol. The van der Waals surface area contributed by atoms with Gasteiger partial charge in [-0.25, -0.2) is 9.78 Å². The molecule has 106 valence electrons. The monoisotopic (exact) mass is 270 g/mol. The van der Waals surface area contributed by atoms with Crippen molar-refractivity contribution in [2.24, 2.45) is 5.41 Å². The highest BCUT2D eigenvalue weighted by molar-refractivity contribution is 5.86. The third kappa shape index (κ3) is 3.78. The molecule has 0 fully saturated rings. The first-order chi connectivity index (χ1) is 8.79. The van der Waals surface area contributed by atoms with Crippen LogP contribution in [-0.4, -0.2) is 35.7 Å². The SMILES string of the molecule is COC(=O)c1coc([C@@H](CO)NC(=O)C(C)(C)C)n1. The van der Waals surface area contributed by atoms with Crippen molar-refractivity contribution in [2.75, 3.05) is 13.7 Å². The summed E-state index contributed by atoms with van der Waals surface area (Å²) in [6.07, 6.45) is 1.12. The van der Waals surface area contributed by atoms with E-state index in [1.165, 1.54) is 7.11 Å². The number of aliphatic hydroxyl groups is 1. The van der Waals surface area contributed by atoms with Crippen LogP contribution >= 0.6 is 0 Å². The molecule has 0 aliphatic heterocycles. The fraction of sp³-hybridized carbons (Fsp3) is 0.583. The summed E-state index contributed by atoms with van der Waals surface area (Å²) in [5, 5.41) is 11.9. The highest BCUT2D eigenvalue weighted by Gasteiger charge is 2.27. The minimum absolute atomic E-state index is 0.0130. The number of rotatable bonds is 4. The van der Waals surface area contributed by atoms with E-state index >= 15 is 0 Å². The van der Waals surface area contributed by atoms with Gasteiger partial charge in [-0.05, 0) is 0 Å². The fourth-order valence-electron chi connectivity index (χ4n) is 1.21. The molecule has 0 spiro atoms. The van der Waals surface area contributed by atoms with Crippen molar-refractivity contribution in [3.05, 3.63) is 17.8 Å². The van der Waals surface area contributed by atoms with Gasteiger partial charge in [-0.3, -0.25) is 4.79 Å². The van der Waals surface area contributed by atoms with E-state index in [2.05, 4.69) is 15.0 Å². The lowest BCUT2D eigenvalue weighted by atomic mass is 9.95. The minimum atomic E-state index is -0.801. The molecule has 1 amide bonds. The Morgan fingerprint density at radius 1 is 1.53 bits per heavy atom. The molecule has 0 saturated carbocycles. The van der Waals surface area contributed by atoms with Gasteiger partial charge in [0.25, 0.3) is 0 Å². The van der Waals surface area contributed by atoms with Gasteiger partial charge in [-0.2, -0.15) is 0 Å². The summed E-state index contributed by atoms with van der Waals surface area (Å²) < 4.78 is 9.55. The molecule has 1 rings (SSSR count). The molecule has 0 unspecified atom stereocenters. The minimum Gasteiger partial charge on any atom is -0.464 e. The van der Waals surface area contributed by atoms with E-state index in [0.717, 1.165) is 6.26 Å². The third-order valence-electron chi connectivity index (χ3n) is 2.38. The molecule has 7 heteroatoms. The highest BCUT2D eigenvalue weighted by atomic mass is 16.5. The number of carbonyl (C=O) groups is 2. The maximum Gasteiger partial charge on any atom is 0.360 e. The van der Waals surface area contributed by atoms with Crippen molar-refractivity contribution in [1.29, 1.82) is 0 Å². The van der Waals surface area contributed by atoms with Crippen LogP contribution in [0.25, 0.3) is 0 Å². The van der Waals surface area contributed by atoms with Crippen molar-refractivity contribution in [2.45, 2.75) is 26.8 Å². The highest BCUT2D eigenvalue weighted by Crippen LogP contribution is 2.18. The van der Waals surface area contributed by atoms with E-state index in [0.29, 0.717) is 0 Å². The van der Waals surface area contributed by atoms with Gasteiger partial charge in [0, 0.05) is 5.41 Å². The zero-order valence-electron chi connectivity index (χ0n) is 11.4. The van der Waals surface area contributed by atoms with E-state index < -0.39 is 17.4 Å². The average molecular weight is 270 g/mol. The van der Waals surface area contributed by atoms with Gasteiger partial charge in [0.15, 0.2) is 5.69 Å². The smallest absolute Gasteiger partial charge is 0.360 e. The molecule has 1 heterocycles. The van der Waals surface area contributed by atoms with E-state index in [9.17, 15) is 14.7 Å². The quantitative estimate of drug-likeness (QED) is 0.779. The standard InChI is InChI=1S/C12H18N2O5/c1-12(2,3)11(17)14-7(5-15)9-13-8(6-19-9)10(16)18-4/h6-7,15H,5H2,1-4H3,(H,14,17)/t7-/m1/s1. The van der Waals surface area contributed by atoms with Crippen molar-refractivity contribution < 1.29 is 23.8 Å². The van der Waals surface area contributed by atoms with Gasteiger partial charge in [0.2, 0.25) is 11.8 Å². The van der Waals surface area contributed by atoms with Gasteiger partial charge in [-0.1, -0.05) is 20.8 Å². The van der Waals surface area contributed by atoms with Crippen molar-refractivity contribution in [1.82, 2.24) is 10.3 Å². The molecule has 0 aromatic carbocycles. The van der Waals surface area contributed by atoms with Crippen LogP contribution < -0.4 is 5.32 Å². The van der Waals surface area contributed by atoms with Crippen LogP contribution in [0, 0.1) is 5.41 Å². The lowest BCUT2D eigenvalue weighted by Gasteiger charge is -2.21. The lowest BCUT2D eigenvalue weighted by Crippen LogP contribution is -2.38. The maximum atomic E-state index is 11.8. The summed E-state index contributed by atoms with van der Waals surface area (Å²) in [5.74, 6) is -0.848. The zero-order chi connectivity index (χ0) is 14.6. The van der Waals surface area contributed by atoms with Crippen molar-refractivity contribution in [3.63, 3.8) is 0 Å². The Morgan fingerprint density at radius 3 is 2.63 bits per heavy atom. The summed E-state index contributed by atoms with van der Waals surface area (Å²) in [6, 6.07) is -0.801. The summed E-state index contributed by atoms with van der Waals surface area (Å²) >= 11 is 0. The number of aliphatic hydroxyl groups excluding tert-OH is 1. The molecule has 7 nitrogen and oxygen atoms in total. The van der Waals surface area contributed by atoms with E-state index in [-0.39, 0.29) is 24.1 Å². The van der Waals surface area contributed by atoms with Gasteiger partial charge in [-0.15, -0.1) is 0 Å². The molecule has 0 bridgehead atoms. The van der Waals surface area contributed by atoms with Crippen LogP contribution in [-0.2, 0) is 9.53 Å². The Morgan fingerprint density at radius 2 is 2.16 bits per heavy atom. The first-order valence-electron chi connectivity index (χ1n) is 5.75. The number of amides is 1. The Bertz CT molecular complexity index is 461. The van der Waals surface area contributed by atoms with Crippen molar-refractivity contribution in [3.8, 4) is 0 Å². The number of esters is 1. The number of ether oxygens (including phenoxy) is 1. The first-order valence-corrected chi connectivity index (χ1v) is 5.75. The third-order valence-corrected chi connectivity index (χ3v) is 2.38. The van der Waals surface area contributed by atoms with E-state index in [1.807, 2.05) is 0 Å². The van der Waals surface area contributed by atoms with Crippen LogP contribution in [0.5, 0.6) is 0 Å². The topological polar surface area (TPSA) is 102 Å². The van der Waals surface area contributed by atoms with Crippen LogP contribution in [0.3, 0.4) is 0 Å². The van der Waals surface area contributed by atoms with E-state index in [1.54, 1.807) is 20.8 Å². The number of hydrogen-bond donors (Lipinski definition) is 2. The molecule has 2 N–H and O–H groups in total. The predicted octanol–water partition coefficient (Wildman–Crippen LogP) is 0.657. The number of hydrogen-bond acceptors (Lipinski definition) is 6. The summed E-state index contributed by atoms with van der Waals surface area (Å²) in [7, 11) is 1.22. The summed E-state index contributed by atoms with van der Waals surface area (Å²) in [4.78, 5) is 26.9. The molecule has 1 atom stereocenters. The maximum absolute atomic E-state index is 11.8. The molecule has 0 aliphatic rings. The average Bonchev–Trinajstić information content (AvgIpc) is 2.82.